The fraction of sp³-hybridized carbons (Fsp3) is 0.533. The van der Waals surface area contributed by atoms with E-state index < -0.39 is 0 Å². The van der Waals surface area contributed by atoms with Crippen LogP contribution in [0.5, 0.6) is 0 Å². The van der Waals surface area contributed by atoms with Crippen LogP contribution < -0.4 is 11.1 Å². The van der Waals surface area contributed by atoms with E-state index in [1.54, 1.807) is 6.07 Å². The van der Waals surface area contributed by atoms with E-state index in [9.17, 15) is 4.79 Å². The summed E-state index contributed by atoms with van der Waals surface area (Å²) in [4.78, 5) is 12.1. The van der Waals surface area contributed by atoms with Gasteiger partial charge in [0, 0.05) is 22.6 Å². The molecule has 2 rings (SSSR count). The number of nitrogens with two attached hydrogens (primary N) is 1. The predicted molar refractivity (Wildman–Crippen MR) is 83.1 cm³/mol. The molecule has 0 aliphatic heterocycles. The van der Waals surface area contributed by atoms with E-state index in [0.717, 1.165) is 31.2 Å². The quantitative estimate of drug-likeness (QED) is 0.896. The van der Waals surface area contributed by atoms with Gasteiger partial charge in [0.25, 0.3) is 0 Å². The normalized spacial score (nSPS) is 22.6. The largest absolute Gasteiger partial charge is 0.355 e. The van der Waals surface area contributed by atoms with Crippen LogP contribution in [0.4, 0.5) is 0 Å². The highest BCUT2D eigenvalue weighted by Gasteiger charge is 2.27. The Kier molecular flexibility index (Phi) is 5.70. The minimum absolute atomic E-state index is 0.00266. The van der Waals surface area contributed by atoms with Gasteiger partial charge in [0.1, 0.15) is 0 Å². The monoisotopic (exact) mass is 314 g/mol. The second kappa shape index (κ2) is 7.30. The summed E-state index contributed by atoms with van der Waals surface area (Å²) in [6.07, 6.45) is 4.76. The molecule has 1 amide bonds. The maximum absolute atomic E-state index is 12.1. The summed E-state index contributed by atoms with van der Waals surface area (Å²) in [6, 6.07) is 5.42. The van der Waals surface area contributed by atoms with Crippen LogP contribution in [0.25, 0.3) is 0 Å². The lowest BCUT2D eigenvalue weighted by Crippen LogP contribution is -2.44. The average molecular weight is 315 g/mol. The summed E-state index contributed by atoms with van der Waals surface area (Å²) < 4.78 is 0. The molecule has 1 aromatic carbocycles. The second-order valence-electron chi connectivity index (χ2n) is 5.33. The Morgan fingerprint density at radius 1 is 1.30 bits per heavy atom. The molecule has 0 spiro atoms. The van der Waals surface area contributed by atoms with Crippen molar-refractivity contribution in [2.24, 2.45) is 11.7 Å². The molecule has 3 nitrogen and oxygen atoms in total. The van der Waals surface area contributed by atoms with E-state index in [4.69, 9.17) is 28.9 Å². The number of halogens is 2. The van der Waals surface area contributed by atoms with Gasteiger partial charge >= 0.3 is 0 Å². The van der Waals surface area contributed by atoms with Crippen molar-refractivity contribution < 1.29 is 4.79 Å². The third-order valence-electron chi connectivity index (χ3n) is 3.86. The Bertz CT molecular complexity index is 479. The van der Waals surface area contributed by atoms with E-state index >= 15 is 0 Å². The lowest BCUT2D eigenvalue weighted by molar-refractivity contribution is -0.126. The second-order valence-corrected chi connectivity index (χ2v) is 6.18. The van der Waals surface area contributed by atoms with Gasteiger partial charge in [0.05, 0.1) is 5.92 Å². The number of carbonyl (C=O) groups excluding carboxylic acids is 1. The van der Waals surface area contributed by atoms with E-state index in [0.29, 0.717) is 23.0 Å². The molecule has 1 aliphatic rings. The summed E-state index contributed by atoms with van der Waals surface area (Å²) in [7, 11) is 0. The number of benzene rings is 1. The first-order valence-electron chi connectivity index (χ1n) is 7.05. The third kappa shape index (κ3) is 4.11. The molecule has 1 aliphatic carbocycles. The van der Waals surface area contributed by atoms with Crippen molar-refractivity contribution >= 4 is 29.1 Å². The van der Waals surface area contributed by atoms with Crippen molar-refractivity contribution in [3.8, 4) is 0 Å². The Morgan fingerprint density at radius 3 is 2.75 bits per heavy atom. The zero-order valence-electron chi connectivity index (χ0n) is 11.4. The van der Waals surface area contributed by atoms with Gasteiger partial charge in [-0.3, -0.25) is 4.79 Å². The Morgan fingerprint density at radius 2 is 2.05 bits per heavy atom. The van der Waals surface area contributed by atoms with E-state index in [2.05, 4.69) is 5.32 Å². The van der Waals surface area contributed by atoms with Gasteiger partial charge in [-0.05, 0) is 37.0 Å². The third-order valence-corrected chi connectivity index (χ3v) is 4.45. The highest BCUT2D eigenvalue weighted by Crippen LogP contribution is 2.23. The summed E-state index contributed by atoms with van der Waals surface area (Å²) in [5.41, 5.74) is 7.00. The van der Waals surface area contributed by atoms with E-state index in [-0.39, 0.29) is 17.9 Å². The maximum Gasteiger partial charge on any atom is 0.224 e. The fourth-order valence-electron chi connectivity index (χ4n) is 2.66. The van der Waals surface area contributed by atoms with Crippen LogP contribution in [0, 0.1) is 5.92 Å². The lowest BCUT2D eigenvalue weighted by Gasteiger charge is -2.27. The number of carbonyl (C=O) groups is 1. The molecule has 2 atom stereocenters. The fourth-order valence-corrected chi connectivity index (χ4v) is 3.16. The maximum atomic E-state index is 12.1. The SMILES string of the molecule is NC1CCCCC1C(=O)NCCc1ccc(Cl)cc1Cl. The van der Waals surface area contributed by atoms with Crippen LogP contribution in [0.2, 0.25) is 10.0 Å². The van der Waals surface area contributed by atoms with Crippen LogP contribution in [-0.2, 0) is 11.2 Å². The predicted octanol–water partition coefficient (Wildman–Crippen LogP) is 3.17. The van der Waals surface area contributed by atoms with E-state index in [1.165, 1.54) is 0 Å². The molecule has 1 aromatic rings. The lowest BCUT2D eigenvalue weighted by atomic mass is 9.84. The molecule has 0 aromatic heterocycles. The number of nitrogens with one attached hydrogen (secondary N) is 1. The van der Waals surface area contributed by atoms with Gasteiger partial charge in [-0.1, -0.05) is 42.1 Å². The Labute approximate surface area is 129 Å². The minimum Gasteiger partial charge on any atom is -0.355 e. The summed E-state index contributed by atoms with van der Waals surface area (Å²) >= 11 is 12.0. The van der Waals surface area contributed by atoms with Crippen molar-refractivity contribution in [3.05, 3.63) is 33.8 Å². The number of hydrogen-bond donors (Lipinski definition) is 2. The molecule has 3 N–H and O–H groups in total. The van der Waals surface area contributed by atoms with Crippen molar-refractivity contribution in [2.45, 2.75) is 38.1 Å². The summed E-state index contributed by atoms with van der Waals surface area (Å²) in [5, 5.41) is 4.22. The van der Waals surface area contributed by atoms with Crippen LogP contribution in [0.15, 0.2) is 18.2 Å². The molecule has 0 radical (unpaired) electrons. The van der Waals surface area contributed by atoms with Crippen molar-refractivity contribution in [2.75, 3.05) is 6.54 Å². The molecular formula is C15H20Cl2N2O. The molecular weight excluding hydrogens is 295 g/mol. The molecule has 1 fully saturated rings. The highest BCUT2D eigenvalue weighted by molar-refractivity contribution is 6.35. The van der Waals surface area contributed by atoms with E-state index in [1.807, 2.05) is 12.1 Å². The molecule has 0 bridgehead atoms. The minimum atomic E-state index is -0.0376. The molecule has 5 heteroatoms. The van der Waals surface area contributed by atoms with Crippen LogP contribution in [0.1, 0.15) is 31.2 Å². The Balaban J connectivity index is 1.81. The number of rotatable bonds is 4. The first kappa shape index (κ1) is 15.6. The van der Waals surface area contributed by atoms with Gasteiger partial charge < -0.3 is 11.1 Å². The standard InChI is InChI=1S/C15H20Cl2N2O/c16-11-6-5-10(13(17)9-11)7-8-19-15(20)12-3-1-2-4-14(12)18/h5-6,9,12,14H,1-4,7-8,18H2,(H,19,20). The first-order valence-corrected chi connectivity index (χ1v) is 7.80. The smallest absolute Gasteiger partial charge is 0.224 e. The molecule has 1 saturated carbocycles. The number of amides is 1. The molecule has 20 heavy (non-hydrogen) atoms. The van der Waals surface area contributed by atoms with Crippen LogP contribution >= 0.6 is 23.2 Å². The number of hydrogen-bond acceptors (Lipinski definition) is 2. The van der Waals surface area contributed by atoms with Gasteiger partial charge in [0.2, 0.25) is 5.91 Å². The van der Waals surface area contributed by atoms with Gasteiger partial charge in [0.15, 0.2) is 0 Å². The highest BCUT2D eigenvalue weighted by atomic mass is 35.5. The zero-order valence-corrected chi connectivity index (χ0v) is 12.9. The molecule has 110 valence electrons. The van der Waals surface area contributed by atoms with Crippen LogP contribution in [-0.4, -0.2) is 18.5 Å². The summed E-state index contributed by atoms with van der Waals surface area (Å²) in [5.74, 6) is 0.0340. The Hall–Kier alpha value is -0.770. The van der Waals surface area contributed by atoms with Gasteiger partial charge in [-0.25, -0.2) is 0 Å². The van der Waals surface area contributed by atoms with Gasteiger partial charge in [-0.15, -0.1) is 0 Å². The average Bonchev–Trinajstić information content (AvgIpc) is 2.41. The molecule has 2 unspecified atom stereocenters. The molecule has 0 saturated heterocycles. The van der Waals surface area contributed by atoms with Crippen molar-refractivity contribution in [1.82, 2.24) is 5.32 Å². The first-order chi connectivity index (χ1) is 9.58. The van der Waals surface area contributed by atoms with Crippen molar-refractivity contribution in [1.29, 1.82) is 0 Å². The van der Waals surface area contributed by atoms with Crippen LogP contribution in [0.3, 0.4) is 0 Å². The molecule has 0 heterocycles. The van der Waals surface area contributed by atoms with Gasteiger partial charge in [-0.2, -0.15) is 0 Å². The zero-order chi connectivity index (χ0) is 14.5. The van der Waals surface area contributed by atoms with Crippen molar-refractivity contribution in [3.63, 3.8) is 0 Å². The summed E-state index contributed by atoms with van der Waals surface area (Å²) in [6.45, 7) is 0.573. The topological polar surface area (TPSA) is 55.1 Å².